The van der Waals surface area contributed by atoms with Crippen LogP contribution in [0, 0.1) is 5.82 Å². The highest BCUT2D eigenvalue weighted by Gasteiger charge is 2.14. The van der Waals surface area contributed by atoms with Gasteiger partial charge < -0.3 is 14.6 Å². The van der Waals surface area contributed by atoms with Gasteiger partial charge in [-0.15, -0.1) is 0 Å². The van der Waals surface area contributed by atoms with Crippen LogP contribution in [0.25, 0.3) is 6.08 Å². The lowest BCUT2D eigenvalue weighted by molar-refractivity contribution is -0.147. The molecule has 3 rings (SSSR count). The maximum Gasteiger partial charge on any atom is 0.306 e. The summed E-state index contributed by atoms with van der Waals surface area (Å²) >= 11 is 0. The molecule has 1 unspecified atom stereocenters. The number of benzene rings is 3. The molecular formula is C29H32FNO6S. The zero-order valence-corrected chi connectivity index (χ0v) is 22.2. The summed E-state index contributed by atoms with van der Waals surface area (Å²) in [7, 11) is -3.87. The van der Waals surface area contributed by atoms with Crippen molar-refractivity contribution < 1.29 is 32.2 Å². The first-order valence-corrected chi connectivity index (χ1v) is 13.8. The molecule has 0 amide bonds. The van der Waals surface area contributed by atoms with Gasteiger partial charge in [0.05, 0.1) is 23.7 Å². The lowest BCUT2D eigenvalue weighted by Crippen LogP contribution is -2.13. The summed E-state index contributed by atoms with van der Waals surface area (Å²) in [6, 6.07) is 18.7. The van der Waals surface area contributed by atoms with Gasteiger partial charge >= 0.3 is 5.97 Å². The van der Waals surface area contributed by atoms with Crippen molar-refractivity contribution in [2.45, 2.75) is 50.2 Å². The van der Waals surface area contributed by atoms with Gasteiger partial charge in [0.2, 0.25) is 0 Å². The molecule has 2 N–H and O–H groups in total. The number of halogens is 1. The molecule has 0 aliphatic carbocycles. The summed E-state index contributed by atoms with van der Waals surface area (Å²) in [5, 5.41) is 10.4. The highest BCUT2D eigenvalue weighted by atomic mass is 32.2. The Bertz CT molecular complexity index is 1340. The average molecular weight is 542 g/mol. The fourth-order valence-corrected chi connectivity index (χ4v) is 4.60. The number of hydrogen-bond acceptors (Lipinski definition) is 6. The number of nitrogens with one attached hydrogen (secondary N) is 1. The monoisotopic (exact) mass is 541 g/mol. The number of anilines is 1. The molecular weight excluding hydrogens is 509 g/mol. The lowest BCUT2D eigenvalue weighted by atomic mass is 10.1. The Hall–Kier alpha value is -3.69. The normalized spacial score (nSPS) is 12.4. The van der Waals surface area contributed by atoms with Crippen LogP contribution >= 0.6 is 0 Å². The molecule has 0 saturated heterocycles. The summed E-state index contributed by atoms with van der Waals surface area (Å²) in [6.45, 7) is 3.88. The van der Waals surface area contributed by atoms with Crippen molar-refractivity contribution in [1.82, 2.24) is 0 Å². The van der Waals surface area contributed by atoms with Crippen LogP contribution in [0.4, 0.5) is 10.1 Å². The first kappa shape index (κ1) is 28.9. The topological polar surface area (TPSA) is 102 Å². The molecule has 0 heterocycles. The zero-order chi connectivity index (χ0) is 27.5. The van der Waals surface area contributed by atoms with Gasteiger partial charge in [0.15, 0.2) is 0 Å². The van der Waals surface area contributed by atoms with Crippen LogP contribution in [-0.2, 0) is 26.0 Å². The van der Waals surface area contributed by atoms with E-state index in [9.17, 15) is 22.7 Å². The van der Waals surface area contributed by atoms with Crippen molar-refractivity contribution in [3.05, 3.63) is 95.8 Å². The van der Waals surface area contributed by atoms with Gasteiger partial charge in [0.1, 0.15) is 11.6 Å². The molecule has 0 saturated carbocycles. The predicted octanol–water partition coefficient (Wildman–Crippen LogP) is 5.35. The molecule has 9 heteroatoms. The number of carbonyl (C=O) groups excluding carboxylic acids is 1. The van der Waals surface area contributed by atoms with E-state index in [0.717, 1.165) is 17.7 Å². The van der Waals surface area contributed by atoms with Crippen molar-refractivity contribution >= 4 is 27.8 Å². The number of para-hydroxylation sites is 1. The number of aryl methyl sites for hydroxylation is 1. The summed E-state index contributed by atoms with van der Waals surface area (Å²) in [5.74, 6) is -0.127. The summed E-state index contributed by atoms with van der Waals surface area (Å²) in [4.78, 5) is 11.8. The number of aliphatic hydroxyl groups is 1. The van der Waals surface area contributed by atoms with Crippen LogP contribution in [0.1, 0.15) is 37.8 Å². The van der Waals surface area contributed by atoms with Gasteiger partial charge in [-0.3, -0.25) is 9.52 Å². The molecule has 3 aromatic rings. The van der Waals surface area contributed by atoms with Gasteiger partial charge in [-0.25, -0.2) is 12.8 Å². The van der Waals surface area contributed by atoms with Gasteiger partial charge in [0.25, 0.3) is 10.0 Å². The van der Waals surface area contributed by atoms with E-state index in [1.165, 1.54) is 12.1 Å². The number of carbonyl (C=O) groups is 1. The van der Waals surface area contributed by atoms with E-state index in [1.807, 2.05) is 38.1 Å². The van der Waals surface area contributed by atoms with Crippen molar-refractivity contribution in [2.24, 2.45) is 0 Å². The van der Waals surface area contributed by atoms with Crippen LogP contribution in [0.5, 0.6) is 5.75 Å². The molecule has 0 aromatic heterocycles. The number of sulfonamides is 1. The van der Waals surface area contributed by atoms with Crippen molar-refractivity contribution in [2.75, 3.05) is 11.3 Å². The third-order valence-electron chi connectivity index (χ3n) is 5.38. The van der Waals surface area contributed by atoms with E-state index in [2.05, 4.69) is 4.72 Å². The molecule has 0 bridgehead atoms. The zero-order valence-electron chi connectivity index (χ0n) is 21.3. The van der Waals surface area contributed by atoms with Crippen LogP contribution in [0.15, 0.2) is 83.8 Å². The fourth-order valence-electron chi connectivity index (χ4n) is 3.55. The molecule has 0 aliphatic heterocycles. The maximum absolute atomic E-state index is 13.1. The molecule has 38 heavy (non-hydrogen) atoms. The van der Waals surface area contributed by atoms with E-state index in [4.69, 9.17) is 9.47 Å². The van der Waals surface area contributed by atoms with Crippen molar-refractivity contribution in [1.29, 1.82) is 0 Å². The first-order chi connectivity index (χ1) is 18.1. The quantitative estimate of drug-likeness (QED) is 0.283. The van der Waals surface area contributed by atoms with E-state index >= 15 is 0 Å². The molecule has 0 fully saturated rings. The Morgan fingerprint density at radius 2 is 1.79 bits per heavy atom. The molecule has 0 radical (unpaired) electrons. The maximum atomic E-state index is 13.1. The third kappa shape index (κ3) is 9.32. The Kier molecular flexibility index (Phi) is 10.4. The second kappa shape index (κ2) is 13.7. The molecule has 0 spiro atoms. The molecule has 3 aromatic carbocycles. The SMILES string of the molecule is CC(C)OC(=O)CCc1ccccc1OCCC(O)C=Cc1cccc(NS(=O)(=O)c2ccc(F)cc2)c1. The summed E-state index contributed by atoms with van der Waals surface area (Å²) in [6.07, 6.45) is 3.42. The minimum absolute atomic E-state index is 0.0488. The van der Waals surface area contributed by atoms with Crippen LogP contribution in [-0.4, -0.2) is 38.3 Å². The predicted molar refractivity (Wildman–Crippen MR) is 145 cm³/mol. The number of esters is 1. The molecule has 7 nitrogen and oxygen atoms in total. The number of rotatable bonds is 13. The minimum atomic E-state index is -3.87. The minimum Gasteiger partial charge on any atom is -0.493 e. The van der Waals surface area contributed by atoms with E-state index in [-0.39, 0.29) is 30.0 Å². The largest absolute Gasteiger partial charge is 0.493 e. The van der Waals surface area contributed by atoms with Gasteiger partial charge in [-0.05, 0) is 73.9 Å². The third-order valence-corrected chi connectivity index (χ3v) is 6.78. The number of ether oxygens (including phenoxy) is 2. The smallest absolute Gasteiger partial charge is 0.306 e. The highest BCUT2D eigenvalue weighted by molar-refractivity contribution is 7.92. The fraction of sp³-hybridized carbons (Fsp3) is 0.276. The van der Waals surface area contributed by atoms with Gasteiger partial charge in [-0.1, -0.05) is 42.5 Å². The van der Waals surface area contributed by atoms with E-state index in [0.29, 0.717) is 29.8 Å². The van der Waals surface area contributed by atoms with E-state index in [1.54, 1.807) is 36.4 Å². The second-order valence-electron chi connectivity index (χ2n) is 8.89. The molecule has 1 atom stereocenters. The van der Waals surface area contributed by atoms with Gasteiger partial charge in [-0.2, -0.15) is 0 Å². The molecule has 0 aliphatic rings. The standard InChI is InChI=1S/C29H32FNO6S/c1-21(2)37-29(33)17-11-23-7-3-4-9-28(23)36-19-18-26(32)14-10-22-6-5-8-25(20-22)31-38(34,35)27-15-12-24(30)13-16-27/h3-10,12-16,20-21,26,31-32H,11,17-19H2,1-2H3. The van der Waals surface area contributed by atoms with Gasteiger partial charge in [0, 0.05) is 18.5 Å². The Balaban J connectivity index is 1.52. The van der Waals surface area contributed by atoms with E-state index < -0.39 is 21.9 Å². The Morgan fingerprint density at radius 1 is 1.05 bits per heavy atom. The first-order valence-electron chi connectivity index (χ1n) is 12.3. The number of hydrogen-bond donors (Lipinski definition) is 2. The molecule has 202 valence electrons. The number of aliphatic hydroxyl groups excluding tert-OH is 1. The van der Waals surface area contributed by atoms with Crippen LogP contribution in [0.2, 0.25) is 0 Å². The highest BCUT2D eigenvalue weighted by Crippen LogP contribution is 2.21. The summed E-state index contributed by atoms with van der Waals surface area (Å²) in [5.41, 5.74) is 1.91. The second-order valence-corrected chi connectivity index (χ2v) is 10.6. The average Bonchev–Trinajstić information content (AvgIpc) is 2.87. The van der Waals surface area contributed by atoms with Crippen molar-refractivity contribution in [3.63, 3.8) is 0 Å². The summed E-state index contributed by atoms with van der Waals surface area (Å²) < 4.78 is 51.7. The lowest BCUT2D eigenvalue weighted by Gasteiger charge is -2.13. The van der Waals surface area contributed by atoms with Crippen LogP contribution < -0.4 is 9.46 Å². The van der Waals surface area contributed by atoms with Crippen molar-refractivity contribution in [3.8, 4) is 5.75 Å². The Morgan fingerprint density at radius 3 is 2.53 bits per heavy atom. The van der Waals surface area contributed by atoms with Crippen LogP contribution in [0.3, 0.4) is 0 Å². The Labute approximate surface area is 223 Å².